The van der Waals surface area contributed by atoms with Crippen LogP contribution < -0.4 is 5.73 Å². The molecule has 4 heteroatoms. The highest BCUT2D eigenvalue weighted by atomic mass is 16.2. The van der Waals surface area contributed by atoms with Crippen LogP contribution in [0.15, 0.2) is 18.3 Å². The van der Waals surface area contributed by atoms with E-state index in [2.05, 4.69) is 4.98 Å². The Kier molecular flexibility index (Phi) is 2.68. The van der Waals surface area contributed by atoms with Crippen molar-refractivity contribution in [3.05, 3.63) is 29.6 Å². The van der Waals surface area contributed by atoms with Gasteiger partial charge in [-0.05, 0) is 25.0 Å². The molecule has 0 aliphatic carbocycles. The maximum atomic E-state index is 12.0. The topological polar surface area (TPSA) is 59.2 Å². The predicted molar refractivity (Wildman–Crippen MR) is 57.5 cm³/mol. The summed E-state index contributed by atoms with van der Waals surface area (Å²) in [5.74, 6) is 0.000972. The lowest BCUT2D eigenvalue weighted by Crippen LogP contribution is -2.32. The van der Waals surface area contributed by atoms with Gasteiger partial charge in [0.25, 0.3) is 5.91 Å². The number of aryl methyl sites for hydroxylation is 1. The first-order chi connectivity index (χ1) is 7.18. The maximum absolute atomic E-state index is 12.0. The molecule has 2 heterocycles. The van der Waals surface area contributed by atoms with E-state index in [9.17, 15) is 4.79 Å². The largest absolute Gasteiger partial charge is 0.336 e. The van der Waals surface area contributed by atoms with E-state index in [1.54, 1.807) is 11.1 Å². The first-order valence-corrected chi connectivity index (χ1v) is 5.15. The molecular weight excluding hydrogens is 190 g/mol. The van der Waals surface area contributed by atoms with E-state index in [-0.39, 0.29) is 11.9 Å². The van der Waals surface area contributed by atoms with Crippen LogP contribution in [0, 0.1) is 6.92 Å². The second-order valence-corrected chi connectivity index (χ2v) is 3.97. The number of nitrogens with zero attached hydrogens (tertiary/aromatic N) is 2. The number of carbonyl (C=O) groups excluding carboxylic acids is 1. The van der Waals surface area contributed by atoms with Crippen molar-refractivity contribution in [2.24, 2.45) is 5.73 Å². The first-order valence-electron chi connectivity index (χ1n) is 5.15. The molecule has 1 atom stereocenters. The lowest BCUT2D eigenvalue weighted by atomic mass is 10.2. The van der Waals surface area contributed by atoms with Crippen LogP contribution in [0.25, 0.3) is 0 Å². The van der Waals surface area contributed by atoms with E-state index in [1.807, 2.05) is 19.1 Å². The molecule has 2 N–H and O–H groups in total. The predicted octanol–water partition coefficient (Wildman–Crippen LogP) is 0.563. The molecular formula is C11H15N3O. The number of likely N-dealkylation sites (tertiary alicyclic amines) is 1. The molecule has 0 spiro atoms. The molecule has 1 fully saturated rings. The normalized spacial score (nSPS) is 20.7. The van der Waals surface area contributed by atoms with Crippen molar-refractivity contribution in [2.75, 3.05) is 13.1 Å². The number of pyridine rings is 1. The molecule has 1 amide bonds. The minimum absolute atomic E-state index is 0.000972. The van der Waals surface area contributed by atoms with Gasteiger partial charge in [0.15, 0.2) is 0 Å². The summed E-state index contributed by atoms with van der Waals surface area (Å²) < 4.78 is 0. The summed E-state index contributed by atoms with van der Waals surface area (Å²) in [5, 5.41) is 0. The summed E-state index contributed by atoms with van der Waals surface area (Å²) in [6.45, 7) is 3.29. The van der Waals surface area contributed by atoms with Crippen LogP contribution in [0.4, 0.5) is 0 Å². The molecule has 1 saturated heterocycles. The average molecular weight is 205 g/mol. The van der Waals surface area contributed by atoms with Gasteiger partial charge in [0.1, 0.15) is 5.69 Å². The van der Waals surface area contributed by atoms with Gasteiger partial charge in [0, 0.05) is 25.3 Å². The van der Waals surface area contributed by atoms with Crippen molar-refractivity contribution in [3.63, 3.8) is 0 Å². The molecule has 0 saturated carbocycles. The van der Waals surface area contributed by atoms with Crippen molar-refractivity contribution in [1.82, 2.24) is 9.88 Å². The standard InChI is InChI=1S/C11H15N3O/c1-8-3-2-5-13-10(8)11(15)14-6-4-9(12)7-14/h2-3,5,9H,4,6-7,12H2,1H3/t9-/m1/s1. The number of amides is 1. The molecule has 1 aromatic rings. The fourth-order valence-corrected chi connectivity index (χ4v) is 1.83. The number of hydrogen-bond donors (Lipinski definition) is 1. The van der Waals surface area contributed by atoms with Crippen LogP contribution >= 0.6 is 0 Å². The molecule has 0 bridgehead atoms. The van der Waals surface area contributed by atoms with Gasteiger partial charge >= 0.3 is 0 Å². The highest BCUT2D eigenvalue weighted by molar-refractivity contribution is 5.93. The number of nitrogens with two attached hydrogens (primary N) is 1. The monoisotopic (exact) mass is 205 g/mol. The van der Waals surface area contributed by atoms with E-state index in [0.29, 0.717) is 12.2 Å². The Labute approximate surface area is 89.1 Å². The Hall–Kier alpha value is -1.42. The lowest BCUT2D eigenvalue weighted by molar-refractivity contribution is 0.0784. The van der Waals surface area contributed by atoms with E-state index in [0.717, 1.165) is 18.5 Å². The Bertz CT molecular complexity index is 378. The lowest BCUT2D eigenvalue weighted by Gasteiger charge is -2.15. The molecule has 15 heavy (non-hydrogen) atoms. The second-order valence-electron chi connectivity index (χ2n) is 3.97. The zero-order chi connectivity index (χ0) is 10.8. The van der Waals surface area contributed by atoms with Crippen LogP contribution in [0.5, 0.6) is 0 Å². The quantitative estimate of drug-likeness (QED) is 0.729. The number of hydrogen-bond acceptors (Lipinski definition) is 3. The highest BCUT2D eigenvalue weighted by Gasteiger charge is 2.25. The summed E-state index contributed by atoms with van der Waals surface area (Å²) in [6.07, 6.45) is 2.54. The van der Waals surface area contributed by atoms with Crippen molar-refractivity contribution in [1.29, 1.82) is 0 Å². The van der Waals surface area contributed by atoms with Crippen LogP contribution in [-0.2, 0) is 0 Å². The van der Waals surface area contributed by atoms with Crippen molar-refractivity contribution in [2.45, 2.75) is 19.4 Å². The zero-order valence-corrected chi connectivity index (χ0v) is 8.81. The number of rotatable bonds is 1. The third kappa shape index (κ3) is 1.99. The van der Waals surface area contributed by atoms with E-state index >= 15 is 0 Å². The molecule has 0 radical (unpaired) electrons. The highest BCUT2D eigenvalue weighted by Crippen LogP contribution is 2.13. The Balaban J connectivity index is 2.18. The summed E-state index contributed by atoms with van der Waals surface area (Å²) in [7, 11) is 0. The third-order valence-electron chi connectivity index (χ3n) is 2.72. The third-order valence-corrected chi connectivity index (χ3v) is 2.72. The van der Waals surface area contributed by atoms with Gasteiger partial charge in [-0.3, -0.25) is 9.78 Å². The zero-order valence-electron chi connectivity index (χ0n) is 8.81. The van der Waals surface area contributed by atoms with E-state index in [4.69, 9.17) is 5.73 Å². The molecule has 0 aromatic carbocycles. The summed E-state index contributed by atoms with van der Waals surface area (Å²) in [4.78, 5) is 17.9. The van der Waals surface area contributed by atoms with E-state index < -0.39 is 0 Å². The minimum Gasteiger partial charge on any atom is -0.336 e. The number of carbonyl (C=O) groups is 1. The Morgan fingerprint density at radius 1 is 1.67 bits per heavy atom. The molecule has 1 aliphatic heterocycles. The fourth-order valence-electron chi connectivity index (χ4n) is 1.83. The Morgan fingerprint density at radius 3 is 3.07 bits per heavy atom. The van der Waals surface area contributed by atoms with Crippen LogP contribution in [0.1, 0.15) is 22.5 Å². The average Bonchev–Trinajstić information content (AvgIpc) is 2.65. The molecule has 4 nitrogen and oxygen atoms in total. The van der Waals surface area contributed by atoms with Gasteiger partial charge in [-0.15, -0.1) is 0 Å². The summed E-state index contributed by atoms with van der Waals surface area (Å²) in [5.41, 5.74) is 7.23. The van der Waals surface area contributed by atoms with Crippen LogP contribution in [0.3, 0.4) is 0 Å². The molecule has 80 valence electrons. The SMILES string of the molecule is Cc1cccnc1C(=O)N1CC[C@@H](N)C1. The maximum Gasteiger partial charge on any atom is 0.272 e. The van der Waals surface area contributed by atoms with Gasteiger partial charge in [0.2, 0.25) is 0 Å². The van der Waals surface area contributed by atoms with Gasteiger partial charge in [-0.25, -0.2) is 0 Å². The van der Waals surface area contributed by atoms with Gasteiger partial charge in [-0.2, -0.15) is 0 Å². The Morgan fingerprint density at radius 2 is 2.47 bits per heavy atom. The summed E-state index contributed by atoms with van der Waals surface area (Å²) in [6, 6.07) is 3.86. The first kappa shape index (κ1) is 10.1. The molecule has 2 rings (SSSR count). The van der Waals surface area contributed by atoms with Crippen LogP contribution in [-0.4, -0.2) is 34.9 Å². The van der Waals surface area contributed by atoms with Crippen molar-refractivity contribution >= 4 is 5.91 Å². The number of aromatic nitrogens is 1. The minimum atomic E-state index is 0.000972. The molecule has 1 aliphatic rings. The van der Waals surface area contributed by atoms with Gasteiger partial charge in [-0.1, -0.05) is 6.07 Å². The summed E-state index contributed by atoms with van der Waals surface area (Å²) >= 11 is 0. The van der Waals surface area contributed by atoms with Crippen molar-refractivity contribution in [3.8, 4) is 0 Å². The molecule has 1 aromatic heterocycles. The van der Waals surface area contributed by atoms with Crippen molar-refractivity contribution < 1.29 is 4.79 Å². The molecule has 0 unspecified atom stereocenters. The fraction of sp³-hybridized carbons (Fsp3) is 0.455. The van der Waals surface area contributed by atoms with Gasteiger partial charge in [0.05, 0.1) is 0 Å². The van der Waals surface area contributed by atoms with E-state index in [1.165, 1.54) is 0 Å². The second kappa shape index (κ2) is 3.98. The van der Waals surface area contributed by atoms with Crippen LogP contribution in [0.2, 0.25) is 0 Å². The van der Waals surface area contributed by atoms with Gasteiger partial charge < -0.3 is 10.6 Å². The smallest absolute Gasteiger partial charge is 0.272 e.